The largest absolute Gasteiger partial charge is 0.468 e. The summed E-state index contributed by atoms with van der Waals surface area (Å²) in [5.41, 5.74) is 5.69. The molecule has 0 saturated carbocycles. The molecule has 0 saturated heterocycles. The Bertz CT molecular complexity index is 425. The van der Waals surface area contributed by atoms with Crippen molar-refractivity contribution in [3.05, 3.63) is 35.9 Å². The normalized spacial score (nSPS) is 14.7. The van der Waals surface area contributed by atoms with E-state index in [9.17, 15) is 4.79 Å². The fourth-order valence-electron chi connectivity index (χ4n) is 2.15. The Labute approximate surface area is 121 Å². The lowest BCUT2D eigenvalue weighted by Crippen LogP contribution is -2.45. The average molecular weight is 279 g/mol. The van der Waals surface area contributed by atoms with Crippen LogP contribution in [0.2, 0.25) is 0 Å². The van der Waals surface area contributed by atoms with Crippen LogP contribution in [0.15, 0.2) is 30.3 Å². The highest BCUT2D eigenvalue weighted by Gasteiger charge is 2.40. The summed E-state index contributed by atoms with van der Waals surface area (Å²) in [4.78, 5) is 12.3. The maximum absolute atomic E-state index is 12.3. The second kappa shape index (κ2) is 6.86. The molecule has 0 aliphatic rings. The van der Waals surface area contributed by atoms with Gasteiger partial charge in [-0.2, -0.15) is 0 Å². The molecular weight excluding hydrogens is 254 g/mol. The third-order valence-corrected chi connectivity index (χ3v) is 3.31. The molecule has 1 unspecified atom stereocenters. The lowest BCUT2D eigenvalue weighted by molar-refractivity contribution is -0.148. The van der Waals surface area contributed by atoms with Crippen LogP contribution in [0.5, 0.6) is 0 Å². The summed E-state index contributed by atoms with van der Waals surface area (Å²) in [6, 6.07) is 9.51. The number of nitrogens with two attached hydrogens (primary N) is 1. The molecule has 112 valence electrons. The molecule has 0 spiro atoms. The van der Waals surface area contributed by atoms with Crippen LogP contribution in [0.3, 0.4) is 0 Å². The van der Waals surface area contributed by atoms with Crippen molar-refractivity contribution in [2.45, 2.75) is 38.2 Å². The summed E-state index contributed by atoms with van der Waals surface area (Å²) >= 11 is 0. The lowest BCUT2D eigenvalue weighted by Gasteiger charge is -2.31. The van der Waals surface area contributed by atoms with Crippen molar-refractivity contribution in [1.29, 1.82) is 0 Å². The van der Waals surface area contributed by atoms with Crippen LogP contribution in [0.25, 0.3) is 0 Å². The highest BCUT2D eigenvalue weighted by Crippen LogP contribution is 2.29. The predicted octanol–water partition coefficient (Wildman–Crippen LogP) is 2.26. The maximum Gasteiger partial charge on any atom is 0.317 e. The fourth-order valence-corrected chi connectivity index (χ4v) is 2.15. The second-order valence-electron chi connectivity index (χ2n) is 5.85. The summed E-state index contributed by atoms with van der Waals surface area (Å²) in [6.45, 7) is 6.59. The molecule has 1 aromatic carbocycles. The van der Waals surface area contributed by atoms with E-state index in [0.29, 0.717) is 13.0 Å². The molecule has 0 radical (unpaired) electrons. The molecule has 0 heterocycles. The Morgan fingerprint density at radius 1 is 1.20 bits per heavy atom. The number of benzene rings is 1. The van der Waals surface area contributed by atoms with E-state index in [1.807, 2.05) is 51.1 Å². The molecule has 1 aromatic rings. The van der Waals surface area contributed by atoms with Gasteiger partial charge in [0.2, 0.25) is 0 Å². The second-order valence-corrected chi connectivity index (χ2v) is 5.85. The molecule has 0 aliphatic heterocycles. The van der Waals surface area contributed by atoms with E-state index in [0.717, 1.165) is 5.56 Å². The van der Waals surface area contributed by atoms with E-state index in [-0.39, 0.29) is 18.1 Å². The molecule has 1 atom stereocenters. The van der Waals surface area contributed by atoms with Gasteiger partial charge in [-0.05, 0) is 32.8 Å². The number of carbonyl (C=O) groups excluding carboxylic acids is 1. The van der Waals surface area contributed by atoms with Crippen molar-refractivity contribution >= 4 is 5.97 Å². The van der Waals surface area contributed by atoms with Gasteiger partial charge in [-0.3, -0.25) is 4.79 Å². The summed E-state index contributed by atoms with van der Waals surface area (Å²) in [6.07, 6.45) is 0.497. The van der Waals surface area contributed by atoms with Gasteiger partial charge >= 0.3 is 5.97 Å². The van der Waals surface area contributed by atoms with Crippen molar-refractivity contribution in [2.24, 2.45) is 5.73 Å². The van der Waals surface area contributed by atoms with E-state index in [2.05, 4.69) is 0 Å². The van der Waals surface area contributed by atoms with Gasteiger partial charge in [0.15, 0.2) is 0 Å². The van der Waals surface area contributed by atoms with Gasteiger partial charge in [-0.1, -0.05) is 30.3 Å². The summed E-state index contributed by atoms with van der Waals surface area (Å²) in [5, 5.41) is 0. The molecule has 20 heavy (non-hydrogen) atoms. The van der Waals surface area contributed by atoms with Crippen molar-refractivity contribution in [2.75, 3.05) is 20.3 Å². The van der Waals surface area contributed by atoms with Crippen molar-refractivity contribution in [1.82, 2.24) is 0 Å². The zero-order valence-corrected chi connectivity index (χ0v) is 12.8. The van der Waals surface area contributed by atoms with Gasteiger partial charge in [0.25, 0.3) is 0 Å². The Hall–Kier alpha value is -1.39. The summed E-state index contributed by atoms with van der Waals surface area (Å²) in [7, 11) is 1.39. The molecule has 1 rings (SSSR count). The standard InChI is InChI=1S/C16H25NO3/c1-15(2,3)20-11-10-16(12-17,14(18)19-4)13-8-6-5-7-9-13/h5-9H,10-12,17H2,1-4H3. The first kappa shape index (κ1) is 16.7. The first-order valence-electron chi connectivity index (χ1n) is 6.84. The van der Waals surface area contributed by atoms with Crippen molar-refractivity contribution < 1.29 is 14.3 Å². The maximum atomic E-state index is 12.3. The van der Waals surface area contributed by atoms with Gasteiger partial charge < -0.3 is 15.2 Å². The molecule has 0 aromatic heterocycles. The third kappa shape index (κ3) is 4.05. The van der Waals surface area contributed by atoms with Gasteiger partial charge in [0.05, 0.1) is 12.7 Å². The van der Waals surface area contributed by atoms with Crippen LogP contribution >= 0.6 is 0 Å². The van der Waals surface area contributed by atoms with E-state index in [4.69, 9.17) is 15.2 Å². The Morgan fingerprint density at radius 3 is 2.25 bits per heavy atom. The van der Waals surface area contributed by atoms with E-state index in [1.165, 1.54) is 7.11 Å². The van der Waals surface area contributed by atoms with E-state index >= 15 is 0 Å². The summed E-state index contributed by atoms with van der Waals surface area (Å²) in [5.74, 6) is -0.316. The zero-order valence-electron chi connectivity index (χ0n) is 12.8. The van der Waals surface area contributed by atoms with Crippen LogP contribution in [-0.4, -0.2) is 31.8 Å². The number of methoxy groups -OCH3 is 1. The minimum absolute atomic E-state index is 0.192. The lowest BCUT2D eigenvalue weighted by atomic mass is 9.77. The fraction of sp³-hybridized carbons (Fsp3) is 0.562. The van der Waals surface area contributed by atoms with Crippen LogP contribution < -0.4 is 5.73 Å². The number of carbonyl (C=O) groups is 1. The average Bonchev–Trinajstić information content (AvgIpc) is 2.43. The topological polar surface area (TPSA) is 61.5 Å². The molecule has 0 aliphatic carbocycles. The Morgan fingerprint density at radius 2 is 1.80 bits per heavy atom. The Kier molecular flexibility index (Phi) is 5.72. The number of hydrogen-bond donors (Lipinski definition) is 1. The molecular formula is C16H25NO3. The van der Waals surface area contributed by atoms with Crippen LogP contribution in [0.4, 0.5) is 0 Å². The minimum atomic E-state index is -0.846. The van der Waals surface area contributed by atoms with Crippen LogP contribution in [0.1, 0.15) is 32.8 Å². The molecule has 4 heteroatoms. The monoisotopic (exact) mass is 279 g/mol. The van der Waals surface area contributed by atoms with Gasteiger partial charge in [0.1, 0.15) is 5.41 Å². The minimum Gasteiger partial charge on any atom is -0.468 e. The highest BCUT2D eigenvalue weighted by molar-refractivity contribution is 5.83. The smallest absolute Gasteiger partial charge is 0.317 e. The molecule has 0 amide bonds. The first-order valence-corrected chi connectivity index (χ1v) is 6.84. The van der Waals surface area contributed by atoms with Crippen LogP contribution in [-0.2, 0) is 19.7 Å². The quantitative estimate of drug-likeness (QED) is 0.811. The van der Waals surface area contributed by atoms with Crippen molar-refractivity contribution in [3.8, 4) is 0 Å². The Balaban J connectivity index is 2.98. The van der Waals surface area contributed by atoms with Gasteiger partial charge in [-0.15, -0.1) is 0 Å². The number of esters is 1. The molecule has 0 bridgehead atoms. The van der Waals surface area contributed by atoms with Crippen molar-refractivity contribution in [3.63, 3.8) is 0 Å². The SMILES string of the molecule is COC(=O)C(CN)(CCOC(C)(C)C)c1ccccc1. The molecule has 0 fully saturated rings. The van der Waals surface area contributed by atoms with E-state index < -0.39 is 5.41 Å². The number of hydrogen-bond acceptors (Lipinski definition) is 4. The molecule has 4 nitrogen and oxygen atoms in total. The van der Waals surface area contributed by atoms with Crippen LogP contribution in [0, 0.1) is 0 Å². The first-order chi connectivity index (χ1) is 9.35. The number of ether oxygens (including phenoxy) is 2. The predicted molar refractivity (Wildman–Crippen MR) is 79.5 cm³/mol. The van der Waals surface area contributed by atoms with E-state index in [1.54, 1.807) is 0 Å². The molecule has 2 N–H and O–H groups in total. The highest BCUT2D eigenvalue weighted by atomic mass is 16.5. The zero-order chi connectivity index (χ0) is 15.2. The van der Waals surface area contributed by atoms with Gasteiger partial charge in [-0.25, -0.2) is 0 Å². The number of rotatable bonds is 6. The third-order valence-electron chi connectivity index (χ3n) is 3.31. The van der Waals surface area contributed by atoms with Gasteiger partial charge in [0, 0.05) is 13.2 Å². The summed E-state index contributed by atoms with van der Waals surface area (Å²) < 4.78 is 10.7.